The third-order valence-electron chi connectivity index (χ3n) is 7.94. The Labute approximate surface area is 238 Å². The molecule has 1 atom stereocenters. The van der Waals surface area contributed by atoms with Gasteiger partial charge in [0.2, 0.25) is 0 Å². The number of nitrogens with one attached hydrogen (secondary N) is 1. The lowest BCUT2D eigenvalue weighted by Crippen LogP contribution is -2.36. The first-order valence-corrected chi connectivity index (χ1v) is 13.8. The van der Waals surface area contributed by atoms with Gasteiger partial charge in [-0.25, -0.2) is 9.98 Å². The van der Waals surface area contributed by atoms with Crippen molar-refractivity contribution in [2.24, 2.45) is 9.98 Å². The Kier molecular flexibility index (Phi) is 5.32. The fourth-order valence-electron chi connectivity index (χ4n) is 6.00. The van der Waals surface area contributed by atoms with E-state index in [-0.39, 0.29) is 6.17 Å². The number of hydrogen-bond acceptors (Lipinski definition) is 3. The minimum Gasteiger partial charge on any atom is -0.324 e. The molecule has 0 spiro atoms. The van der Waals surface area contributed by atoms with Gasteiger partial charge in [0, 0.05) is 27.6 Å². The van der Waals surface area contributed by atoms with Gasteiger partial charge in [-0.15, -0.1) is 0 Å². The highest BCUT2D eigenvalue weighted by Gasteiger charge is 2.22. The van der Waals surface area contributed by atoms with Gasteiger partial charge < -0.3 is 9.88 Å². The van der Waals surface area contributed by atoms with Crippen LogP contribution in [0.3, 0.4) is 0 Å². The Balaban J connectivity index is 1.23. The summed E-state index contributed by atoms with van der Waals surface area (Å²) in [6, 6.07) is 42.2. The molecule has 5 aromatic carbocycles. The summed E-state index contributed by atoms with van der Waals surface area (Å²) in [5, 5.41) is 6.00. The Bertz CT molecular complexity index is 2060. The molecule has 0 amide bonds. The summed E-state index contributed by atoms with van der Waals surface area (Å²) in [4.78, 5) is 9.99. The third-order valence-corrected chi connectivity index (χ3v) is 7.94. The molecule has 8 rings (SSSR count). The van der Waals surface area contributed by atoms with Crippen LogP contribution in [0.15, 0.2) is 144 Å². The number of nitrogens with zero attached hydrogens (tertiary/aromatic N) is 3. The van der Waals surface area contributed by atoms with Crippen molar-refractivity contribution in [2.45, 2.75) is 6.17 Å². The van der Waals surface area contributed by atoms with Crippen molar-refractivity contribution in [2.75, 3.05) is 0 Å². The van der Waals surface area contributed by atoms with Crippen LogP contribution in [0.2, 0.25) is 0 Å². The second kappa shape index (κ2) is 9.32. The number of para-hydroxylation sites is 1. The molecule has 194 valence electrons. The maximum Gasteiger partial charge on any atom is 0.169 e. The van der Waals surface area contributed by atoms with E-state index >= 15 is 0 Å². The molecule has 0 fully saturated rings. The lowest BCUT2D eigenvalue weighted by Gasteiger charge is -2.22. The van der Waals surface area contributed by atoms with Gasteiger partial charge in [-0.05, 0) is 58.7 Å². The zero-order chi connectivity index (χ0) is 27.3. The van der Waals surface area contributed by atoms with Crippen molar-refractivity contribution in [3.63, 3.8) is 0 Å². The van der Waals surface area contributed by atoms with E-state index in [0.717, 1.165) is 39.6 Å². The number of fused-ring (bicyclic) bond motifs is 5. The minimum atomic E-state index is -0.316. The average molecular weight is 527 g/mol. The number of benzene rings is 5. The Morgan fingerprint density at radius 2 is 1.27 bits per heavy atom. The van der Waals surface area contributed by atoms with E-state index in [9.17, 15) is 0 Å². The molecule has 1 unspecified atom stereocenters. The molecule has 0 bridgehead atoms. The van der Waals surface area contributed by atoms with E-state index in [1.807, 2.05) is 36.4 Å². The van der Waals surface area contributed by atoms with Crippen LogP contribution in [-0.4, -0.2) is 16.2 Å². The molecule has 0 saturated heterocycles. The van der Waals surface area contributed by atoms with Gasteiger partial charge in [0.1, 0.15) is 11.7 Å². The van der Waals surface area contributed by atoms with Gasteiger partial charge in [-0.1, -0.05) is 104 Å². The summed E-state index contributed by atoms with van der Waals surface area (Å²) in [5.74, 6) is 1.63. The first kappa shape index (κ1) is 23.4. The van der Waals surface area contributed by atoms with Gasteiger partial charge in [-0.2, -0.15) is 0 Å². The number of rotatable bonds is 4. The maximum absolute atomic E-state index is 5.03. The second-order valence-electron chi connectivity index (χ2n) is 10.4. The van der Waals surface area contributed by atoms with Crippen LogP contribution in [0, 0.1) is 0 Å². The SMILES string of the molecule is C=C1C=Cc2ccc3c(c21)c1ccccc1n3-c1ccc(C2=NC(c3ccccc3)N=C(c3ccccc3)N2)cc1. The standard InChI is InChI=1S/C37H26N4/c1-24-16-17-25-20-23-32-34(33(24)25)30-14-8-9-15-31(30)41(32)29-21-18-28(19-22-29)37-39-35(26-10-4-2-5-11-26)38-36(40-37)27-12-6-3-7-13-27/h2-23,35H,1H2,(H,38,39,40). The van der Waals surface area contributed by atoms with E-state index in [0.29, 0.717) is 0 Å². The molecular weight excluding hydrogens is 500 g/mol. The monoisotopic (exact) mass is 526 g/mol. The predicted octanol–water partition coefficient (Wildman–Crippen LogP) is 8.32. The lowest BCUT2D eigenvalue weighted by atomic mass is 10.00. The average Bonchev–Trinajstić information content (AvgIpc) is 3.59. The van der Waals surface area contributed by atoms with Crippen molar-refractivity contribution in [3.8, 4) is 5.69 Å². The fourth-order valence-corrected chi connectivity index (χ4v) is 6.00. The Morgan fingerprint density at radius 1 is 0.610 bits per heavy atom. The topological polar surface area (TPSA) is 41.7 Å². The van der Waals surface area contributed by atoms with Crippen LogP contribution in [0.5, 0.6) is 0 Å². The number of allylic oxidation sites excluding steroid dienone is 2. The Morgan fingerprint density at radius 3 is 2.02 bits per heavy atom. The van der Waals surface area contributed by atoms with Crippen LogP contribution in [0.4, 0.5) is 0 Å². The van der Waals surface area contributed by atoms with Crippen molar-refractivity contribution >= 4 is 45.1 Å². The van der Waals surface area contributed by atoms with E-state index in [1.165, 1.54) is 32.9 Å². The van der Waals surface area contributed by atoms with Gasteiger partial charge in [0.15, 0.2) is 6.17 Å². The summed E-state index contributed by atoms with van der Waals surface area (Å²) in [6.07, 6.45) is 3.95. The highest BCUT2D eigenvalue weighted by molar-refractivity contribution is 6.18. The molecule has 4 heteroatoms. The van der Waals surface area contributed by atoms with Crippen LogP contribution in [0.25, 0.3) is 39.1 Å². The molecule has 4 nitrogen and oxygen atoms in total. The zero-order valence-electron chi connectivity index (χ0n) is 22.3. The molecule has 1 N–H and O–H groups in total. The summed E-state index contributed by atoms with van der Waals surface area (Å²) in [7, 11) is 0. The predicted molar refractivity (Wildman–Crippen MR) is 171 cm³/mol. The third kappa shape index (κ3) is 3.84. The van der Waals surface area contributed by atoms with Crippen molar-refractivity contribution < 1.29 is 0 Å². The van der Waals surface area contributed by atoms with Crippen LogP contribution in [0.1, 0.15) is 34.0 Å². The number of aliphatic imine (C=N–C) groups is 2. The van der Waals surface area contributed by atoms with E-state index < -0.39 is 0 Å². The highest BCUT2D eigenvalue weighted by atomic mass is 15.2. The van der Waals surface area contributed by atoms with Gasteiger partial charge in [-0.3, -0.25) is 0 Å². The van der Waals surface area contributed by atoms with Crippen molar-refractivity contribution in [3.05, 3.63) is 162 Å². The van der Waals surface area contributed by atoms with Crippen LogP contribution < -0.4 is 5.32 Å². The summed E-state index contributed by atoms with van der Waals surface area (Å²) in [6.45, 7) is 4.33. The first-order valence-electron chi connectivity index (χ1n) is 13.8. The molecule has 0 radical (unpaired) electrons. The van der Waals surface area contributed by atoms with E-state index in [2.05, 4.69) is 114 Å². The molecule has 41 heavy (non-hydrogen) atoms. The molecule has 2 aliphatic rings. The molecule has 6 aromatic rings. The van der Waals surface area contributed by atoms with Crippen molar-refractivity contribution in [1.82, 2.24) is 9.88 Å². The van der Waals surface area contributed by atoms with Gasteiger partial charge in [0.05, 0.1) is 11.0 Å². The van der Waals surface area contributed by atoms with E-state index in [1.54, 1.807) is 0 Å². The minimum absolute atomic E-state index is 0.316. The molecular formula is C37H26N4. The number of aromatic nitrogens is 1. The zero-order valence-corrected chi connectivity index (χ0v) is 22.3. The van der Waals surface area contributed by atoms with Gasteiger partial charge >= 0.3 is 0 Å². The molecule has 0 saturated carbocycles. The fraction of sp³-hybridized carbons (Fsp3) is 0.0270. The normalized spacial score (nSPS) is 16.0. The van der Waals surface area contributed by atoms with Crippen LogP contribution in [-0.2, 0) is 0 Å². The quantitative estimate of drug-likeness (QED) is 0.247. The summed E-state index contributed by atoms with van der Waals surface area (Å²) < 4.78 is 2.35. The number of amidine groups is 2. The van der Waals surface area contributed by atoms with Crippen LogP contribution >= 0.6 is 0 Å². The number of hydrogen-bond donors (Lipinski definition) is 1. The molecule has 2 heterocycles. The lowest BCUT2D eigenvalue weighted by molar-refractivity contribution is 0.756. The second-order valence-corrected chi connectivity index (χ2v) is 10.4. The molecule has 1 aliphatic heterocycles. The van der Waals surface area contributed by atoms with Gasteiger partial charge in [0.25, 0.3) is 0 Å². The summed E-state index contributed by atoms with van der Waals surface area (Å²) >= 11 is 0. The Hall–Kier alpha value is -5.48. The molecule has 1 aromatic heterocycles. The largest absolute Gasteiger partial charge is 0.324 e. The maximum atomic E-state index is 5.03. The first-order chi connectivity index (χ1) is 20.2. The smallest absolute Gasteiger partial charge is 0.169 e. The van der Waals surface area contributed by atoms with Crippen molar-refractivity contribution in [1.29, 1.82) is 0 Å². The van der Waals surface area contributed by atoms with E-state index in [4.69, 9.17) is 9.98 Å². The highest BCUT2D eigenvalue weighted by Crippen LogP contribution is 2.41. The summed E-state index contributed by atoms with van der Waals surface area (Å²) in [5.41, 5.74) is 10.1. The molecule has 1 aliphatic carbocycles.